The molecule has 4 aromatic rings. The third kappa shape index (κ3) is 3.30. The highest BCUT2D eigenvalue weighted by Gasteiger charge is 2.47. The SMILES string of the molecule is COC(=O)c1cc(-c2ccc(C)cc2)cc2c1OC(c1ccccc1)(c1ccccc1)O2. The Bertz CT molecular complexity index is 1220. The van der Waals surface area contributed by atoms with Gasteiger partial charge in [0.15, 0.2) is 11.5 Å². The van der Waals surface area contributed by atoms with E-state index in [-0.39, 0.29) is 0 Å². The number of rotatable bonds is 4. The van der Waals surface area contributed by atoms with Crippen molar-refractivity contribution in [2.45, 2.75) is 12.7 Å². The van der Waals surface area contributed by atoms with E-state index in [9.17, 15) is 4.79 Å². The summed E-state index contributed by atoms with van der Waals surface area (Å²) in [5.41, 5.74) is 4.98. The van der Waals surface area contributed by atoms with Crippen LogP contribution in [-0.2, 0) is 10.5 Å². The highest BCUT2D eigenvalue weighted by molar-refractivity contribution is 5.96. The van der Waals surface area contributed by atoms with Crippen LogP contribution in [0, 0.1) is 6.92 Å². The lowest BCUT2D eigenvalue weighted by Crippen LogP contribution is -2.36. The minimum absolute atomic E-state index is 0.328. The zero-order chi connectivity index (χ0) is 22.1. The largest absolute Gasteiger partial charge is 0.465 e. The van der Waals surface area contributed by atoms with Crippen molar-refractivity contribution in [3.63, 3.8) is 0 Å². The van der Waals surface area contributed by atoms with Crippen molar-refractivity contribution < 1.29 is 19.0 Å². The summed E-state index contributed by atoms with van der Waals surface area (Å²) in [5.74, 6) is -0.813. The van der Waals surface area contributed by atoms with E-state index in [4.69, 9.17) is 14.2 Å². The molecule has 0 aromatic heterocycles. The zero-order valence-corrected chi connectivity index (χ0v) is 17.9. The summed E-state index contributed by atoms with van der Waals surface area (Å²) in [4.78, 5) is 12.7. The molecule has 0 N–H and O–H groups in total. The van der Waals surface area contributed by atoms with Crippen molar-refractivity contribution >= 4 is 5.97 Å². The maximum absolute atomic E-state index is 12.7. The molecule has 0 amide bonds. The van der Waals surface area contributed by atoms with Crippen LogP contribution >= 0.6 is 0 Å². The first-order chi connectivity index (χ1) is 15.6. The molecule has 158 valence electrons. The van der Waals surface area contributed by atoms with Crippen LogP contribution in [0.4, 0.5) is 0 Å². The average molecular weight is 422 g/mol. The van der Waals surface area contributed by atoms with Crippen LogP contribution in [0.15, 0.2) is 97.1 Å². The Labute approximate surface area is 187 Å². The van der Waals surface area contributed by atoms with Gasteiger partial charge in [0.05, 0.1) is 7.11 Å². The molecule has 0 saturated heterocycles. The number of aryl methyl sites for hydroxylation is 1. The van der Waals surface area contributed by atoms with Crippen LogP contribution in [-0.4, -0.2) is 13.1 Å². The Hall–Kier alpha value is -4.05. The summed E-state index contributed by atoms with van der Waals surface area (Å²) in [7, 11) is 1.37. The number of benzene rings is 4. The van der Waals surface area contributed by atoms with E-state index in [0.717, 1.165) is 27.8 Å². The van der Waals surface area contributed by atoms with Gasteiger partial charge in [0.1, 0.15) is 5.56 Å². The third-order valence-electron chi connectivity index (χ3n) is 5.65. The molecule has 32 heavy (non-hydrogen) atoms. The van der Waals surface area contributed by atoms with Gasteiger partial charge >= 0.3 is 11.8 Å². The first-order valence-electron chi connectivity index (χ1n) is 10.4. The molecule has 0 atom stereocenters. The molecular formula is C28H22O4. The smallest absolute Gasteiger partial charge is 0.341 e. The normalized spacial score (nSPS) is 13.6. The van der Waals surface area contributed by atoms with Crippen LogP contribution in [0.2, 0.25) is 0 Å². The molecule has 4 aromatic carbocycles. The van der Waals surface area contributed by atoms with E-state index >= 15 is 0 Å². The first kappa shape index (κ1) is 19.9. The van der Waals surface area contributed by atoms with Crippen molar-refractivity contribution in [3.05, 3.63) is 119 Å². The van der Waals surface area contributed by atoms with Crippen molar-refractivity contribution in [2.75, 3.05) is 7.11 Å². The van der Waals surface area contributed by atoms with Crippen LogP contribution in [0.3, 0.4) is 0 Å². The van der Waals surface area contributed by atoms with Crippen LogP contribution in [0.25, 0.3) is 11.1 Å². The predicted molar refractivity (Wildman–Crippen MR) is 123 cm³/mol. The van der Waals surface area contributed by atoms with Gasteiger partial charge in [-0.25, -0.2) is 4.79 Å². The van der Waals surface area contributed by atoms with Gasteiger partial charge < -0.3 is 14.2 Å². The fourth-order valence-corrected chi connectivity index (χ4v) is 3.99. The van der Waals surface area contributed by atoms with E-state index < -0.39 is 11.8 Å². The maximum Gasteiger partial charge on any atom is 0.341 e. The number of carbonyl (C=O) groups excluding carboxylic acids is 1. The first-order valence-corrected chi connectivity index (χ1v) is 10.4. The van der Waals surface area contributed by atoms with Gasteiger partial charge in [-0.15, -0.1) is 0 Å². The minimum Gasteiger partial charge on any atom is -0.465 e. The lowest BCUT2D eigenvalue weighted by molar-refractivity contribution is -0.0462. The second-order valence-electron chi connectivity index (χ2n) is 7.76. The summed E-state index contributed by atoms with van der Waals surface area (Å²) in [5, 5.41) is 0. The Morgan fingerprint density at radius 3 is 1.91 bits per heavy atom. The van der Waals surface area contributed by atoms with E-state index in [1.807, 2.05) is 97.9 Å². The molecule has 1 heterocycles. The van der Waals surface area contributed by atoms with Crippen molar-refractivity contribution in [1.82, 2.24) is 0 Å². The number of esters is 1. The molecule has 1 aliphatic rings. The van der Waals surface area contributed by atoms with Crippen molar-refractivity contribution in [3.8, 4) is 22.6 Å². The predicted octanol–water partition coefficient (Wildman–Crippen LogP) is 6.12. The Morgan fingerprint density at radius 1 is 0.750 bits per heavy atom. The van der Waals surface area contributed by atoms with Crippen molar-refractivity contribution in [1.29, 1.82) is 0 Å². The standard InChI is InChI=1S/C28H22O4/c1-19-13-15-20(16-14-19)21-17-24(27(29)30-2)26-25(18-21)31-28(32-26,22-9-5-3-6-10-22)23-11-7-4-8-12-23/h3-18H,1-2H3. The van der Waals surface area contributed by atoms with Gasteiger partial charge in [-0.1, -0.05) is 90.5 Å². The quantitative estimate of drug-likeness (QED) is 0.372. The van der Waals surface area contributed by atoms with Gasteiger partial charge in [0.2, 0.25) is 0 Å². The Morgan fingerprint density at radius 2 is 1.34 bits per heavy atom. The average Bonchev–Trinajstić information content (AvgIpc) is 3.25. The molecule has 0 saturated carbocycles. The van der Waals surface area contributed by atoms with E-state index in [1.54, 1.807) is 6.07 Å². The monoisotopic (exact) mass is 422 g/mol. The van der Waals surface area contributed by atoms with Crippen molar-refractivity contribution in [2.24, 2.45) is 0 Å². The summed E-state index contributed by atoms with van der Waals surface area (Å²) in [6, 6.07) is 31.3. The summed E-state index contributed by atoms with van der Waals surface area (Å²) in [6.07, 6.45) is 0. The second kappa shape index (κ2) is 7.89. The Balaban J connectivity index is 1.70. The number of hydrogen-bond donors (Lipinski definition) is 0. The second-order valence-corrected chi connectivity index (χ2v) is 7.76. The summed E-state index contributed by atoms with van der Waals surface area (Å²) in [6.45, 7) is 2.04. The molecule has 0 aliphatic carbocycles. The lowest BCUT2D eigenvalue weighted by Gasteiger charge is -2.28. The van der Waals surface area contributed by atoms with Gasteiger partial charge in [-0.05, 0) is 30.2 Å². The fraction of sp³-hybridized carbons (Fsp3) is 0.107. The topological polar surface area (TPSA) is 44.8 Å². The maximum atomic E-state index is 12.7. The minimum atomic E-state index is -1.21. The lowest BCUT2D eigenvalue weighted by atomic mass is 9.97. The number of hydrogen-bond acceptors (Lipinski definition) is 4. The molecule has 0 radical (unpaired) electrons. The molecule has 0 unspecified atom stereocenters. The number of carbonyl (C=O) groups is 1. The van der Waals surface area contributed by atoms with Crippen LogP contribution < -0.4 is 9.47 Å². The summed E-state index contributed by atoms with van der Waals surface area (Å²) < 4.78 is 18.1. The third-order valence-corrected chi connectivity index (χ3v) is 5.65. The molecule has 0 spiro atoms. The Kier molecular flexibility index (Phi) is 4.91. The van der Waals surface area contributed by atoms with E-state index in [2.05, 4.69) is 0 Å². The number of methoxy groups -OCH3 is 1. The number of ether oxygens (including phenoxy) is 3. The van der Waals surface area contributed by atoms with E-state index in [0.29, 0.717) is 17.1 Å². The van der Waals surface area contributed by atoms with Gasteiger partial charge in [0, 0.05) is 11.1 Å². The molecule has 4 heteroatoms. The van der Waals surface area contributed by atoms with Gasteiger partial charge in [-0.3, -0.25) is 0 Å². The highest BCUT2D eigenvalue weighted by atomic mass is 16.7. The molecule has 0 fully saturated rings. The van der Waals surface area contributed by atoms with Crippen LogP contribution in [0.1, 0.15) is 27.0 Å². The highest BCUT2D eigenvalue weighted by Crippen LogP contribution is 2.51. The van der Waals surface area contributed by atoms with E-state index in [1.165, 1.54) is 7.11 Å². The molecule has 4 nitrogen and oxygen atoms in total. The number of fused-ring (bicyclic) bond motifs is 1. The van der Waals surface area contributed by atoms with Gasteiger partial charge in [0.25, 0.3) is 0 Å². The van der Waals surface area contributed by atoms with Crippen LogP contribution in [0.5, 0.6) is 11.5 Å². The zero-order valence-electron chi connectivity index (χ0n) is 17.9. The van der Waals surface area contributed by atoms with Gasteiger partial charge in [-0.2, -0.15) is 0 Å². The molecule has 1 aliphatic heterocycles. The molecule has 0 bridgehead atoms. The molecule has 5 rings (SSSR count). The summed E-state index contributed by atoms with van der Waals surface area (Å²) >= 11 is 0. The fourth-order valence-electron chi connectivity index (χ4n) is 3.99. The molecular weight excluding hydrogens is 400 g/mol.